The highest BCUT2D eigenvalue weighted by atomic mass is 16.3. The summed E-state index contributed by atoms with van der Waals surface area (Å²) < 4.78 is 2.10. The topological polar surface area (TPSA) is 58.3 Å². The molecule has 4 nitrogen and oxygen atoms in total. The molecule has 0 spiro atoms. The van der Waals surface area contributed by atoms with Crippen LogP contribution in [0.2, 0.25) is 0 Å². The minimum absolute atomic E-state index is 0.276. The number of aliphatic hydroxyl groups is 1. The molecule has 2 N–H and O–H groups in total. The Morgan fingerprint density at radius 1 is 1.39 bits per heavy atom. The van der Waals surface area contributed by atoms with Crippen molar-refractivity contribution in [3.63, 3.8) is 0 Å². The largest absolute Gasteiger partial charge is 0.508 e. The predicted molar refractivity (Wildman–Crippen MR) is 67.3 cm³/mol. The highest BCUT2D eigenvalue weighted by Crippen LogP contribution is 2.26. The summed E-state index contributed by atoms with van der Waals surface area (Å²) in [5, 5.41) is 19.3. The summed E-state index contributed by atoms with van der Waals surface area (Å²) in [6.45, 7) is 0.917. The normalized spacial score (nSPS) is 18.6. The number of aromatic nitrogens is 2. The first-order valence-corrected chi connectivity index (χ1v) is 6.24. The molecule has 0 fully saturated rings. The molecule has 1 aliphatic rings. The number of fused-ring (bicyclic) bond motifs is 1. The molecule has 0 radical (unpaired) electrons. The van der Waals surface area contributed by atoms with Gasteiger partial charge in [0.2, 0.25) is 0 Å². The van der Waals surface area contributed by atoms with Crippen molar-refractivity contribution in [1.82, 2.24) is 9.55 Å². The standard InChI is InChI=1S/C14H16N2O2/c17-11-4-1-3-10(7-11)8-14-15-9-12-13(18)5-2-6-16(12)14/h1,3-4,7,9,13,17-18H,2,5-6,8H2. The fraction of sp³-hybridized carbons (Fsp3) is 0.357. The lowest BCUT2D eigenvalue weighted by molar-refractivity contribution is 0.138. The van der Waals surface area contributed by atoms with Crippen LogP contribution in [0.4, 0.5) is 0 Å². The number of hydrogen-bond donors (Lipinski definition) is 2. The summed E-state index contributed by atoms with van der Waals surface area (Å²) in [4.78, 5) is 4.39. The van der Waals surface area contributed by atoms with Crippen molar-refractivity contribution in [2.75, 3.05) is 0 Å². The van der Waals surface area contributed by atoms with E-state index >= 15 is 0 Å². The quantitative estimate of drug-likeness (QED) is 0.849. The zero-order valence-electron chi connectivity index (χ0n) is 10.1. The highest BCUT2D eigenvalue weighted by molar-refractivity contribution is 5.29. The third-order valence-electron chi connectivity index (χ3n) is 3.44. The minimum atomic E-state index is -0.385. The molecule has 4 heteroatoms. The Morgan fingerprint density at radius 3 is 3.11 bits per heavy atom. The number of benzene rings is 1. The van der Waals surface area contributed by atoms with Crippen LogP contribution in [0.3, 0.4) is 0 Å². The van der Waals surface area contributed by atoms with Crippen LogP contribution in [0.25, 0.3) is 0 Å². The van der Waals surface area contributed by atoms with Gasteiger partial charge in [-0.1, -0.05) is 12.1 Å². The number of imidazole rings is 1. The Morgan fingerprint density at radius 2 is 2.28 bits per heavy atom. The van der Waals surface area contributed by atoms with Gasteiger partial charge in [0.15, 0.2) is 0 Å². The van der Waals surface area contributed by atoms with Gasteiger partial charge in [0.25, 0.3) is 0 Å². The fourth-order valence-corrected chi connectivity index (χ4v) is 2.53. The molecule has 18 heavy (non-hydrogen) atoms. The summed E-state index contributed by atoms with van der Waals surface area (Å²) in [5.41, 5.74) is 1.94. The van der Waals surface area contributed by atoms with E-state index in [2.05, 4.69) is 9.55 Å². The van der Waals surface area contributed by atoms with Gasteiger partial charge in [0, 0.05) is 13.0 Å². The Bertz CT molecular complexity index is 563. The lowest BCUT2D eigenvalue weighted by Gasteiger charge is -2.21. The summed E-state index contributed by atoms with van der Waals surface area (Å²) in [5.74, 6) is 1.23. The maximum absolute atomic E-state index is 9.88. The molecule has 0 amide bonds. The van der Waals surface area contributed by atoms with Crippen LogP contribution in [-0.4, -0.2) is 19.8 Å². The molecule has 2 heterocycles. The van der Waals surface area contributed by atoms with Gasteiger partial charge in [-0.15, -0.1) is 0 Å². The van der Waals surface area contributed by atoms with Crippen LogP contribution >= 0.6 is 0 Å². The number of phenolic OH excluding ortho intramolecular Hbond substituents is 1. The molecule has 0 saturated heterocycles. The maximum Gasteiger partial charge on any atom is 0.115 e. The van der Waals surface area contributed by atoms with Gasteiger partial charge in [0.1, 0.15) is 11.6 Å². The maximum atomic E-state index is 9.88. The molecule has 1 aliphatic heterocycles. The second-order valence-electron chi connectivity index (χ2n) is 4.76. The molecule has 2 aromatic rings. The van der Waals surface area contributed by atoms with E-state index in [-0.39, 0.29) is 11.9 Å². The van der Waals surface area contributed by atoms with Crippen molar-refractivity contribution in [1.29, 1.82) is 0 Å². The summed E-state index contributed by atoms with van der Waals surface area (Å²) in [6, 6.07) is 7.22. The first-order chi connectivity index (χ1) is 8.74. The lowest BCUT2D eigenvalue weighted by Crippen LogP contribution is -2.16. The van der Waals surface area contributed by atoms with E-state index in [1.165, 1.54) is 0 Å². The molecule has 0 saturated carbocycles. The number of hydrogen-bond acceptors (Lipinski definition) is 3. The second-order valence-corrected chi connectivity index (χ2v) is 4.76. The Balaban J connectivity index is 1.90. The fourth-order valence-electron chi connectivity index (χ4n) is 2.53. The zero-order valence-corrected chi connectivity index (χ0v) is 10.1. The van der Waals surface area contributed by atoms with Crippen molar-refractivity contribution < 1.29 is 10.2 Å². The average Bonchev–Trinajstić information content (AvgIpc) is 2.74. The van der Waals surface area contributed by atoms with Crippen molar-refractivity contribution >= 4 is 0 Å². The molecule has 1 unspecified atom stereocenters. The molecule has 1 atom stereocenters. The summed E-state index contributed by atoms with van der Waals surface area (Å²) in [6.07, 6.45) is 3.86. The SMILES string of the molecule is Oc1cccc(Cc2ncc3n2CCCC3O)c1. The van der Waals surface area contributed by atoms with Gasteiger partial charge >= 0.3 is 0 Å². The van der Waals surface area contributed by atoms with E-state index in [0.29, 0.717) is 6.42 Å². The van der Waals surface area contributed by atoms with Gasteiger partial charge in [-0.3, -0.25) is 0 Å². The molecule has 0 bridgehead atoms. The van der Waals surface area contributed by atoms with Crippen molar-refractivity contribution in [2.24, 2.45) is 0 Å². The molecular formula is C14H16N2O2. The van der Waals surface area contributed by atoms with Crippen molar-refractivity contribution in [2.45, 2.75) is 31.9 Å². The highest BCUT2D eigenvalue weighted by Gasteiger charge is 2.21. The van der Waals surface area contributed by atoms with Gasteiger partial charge in [-0.05, 0) is 30.5 Å². The Labute approximate surface area is 106 Å². The van der Waals surface area contributed by atoms with Crippen LogP contribution in [0.1, 0.15) is 36.0 Å². The van der Waals surface area contributed by atoms with Crippen LogP contribution in [0, 0.1) is 0 Å². The smallest absolute Gasteiger partial charge is 0.115 e. The van der Waals surface area contributed by atoms with E-state index in [9.17, 15) is 10.2 Å². The zero-order chi connectivity index (χ0) is 12.5. The predicted octanol–water partition coefficient (Wildman–Crippen LogP) is 2.01. The molecule has 3 rings (SSSR count). The van der Waals surface area contributed by atoms with Crippen LogP contribution in [0.15, 0.2) is 30.5 Å². The minimum Gasteiger partial charge on any atom is -0.508 e. The molecule has 94 valence electrons. The molecule has 1 aromatic carbocycles. The van der Waals surface area contributed by atoms with Gasteiger partial charge in [-0.25, -0.2) is 4.98 Å². The summed E-state index contributed by atoms with van der Waals surface area (Å²) in [7, 11) is 0. The molecular weight excluding hydrogens is 228 g/mol. The van der Waals surface area contributed by atoms with E-state index in [0.717, 1.165) is 36.5 Å². The van der Waals surface area contributed by atoms with E-state index in [1.54, 1.807) is 18.3 Å². The lowest BCUT2D eigenvalue weighted by atomic mass is 10.1. The number of rotatable bonds is 2. The van der Waals surface area contributed by atoms with Gasteiger partial charge < -0.3 is 14.8 Å². The first kappa shape index (κ1) is 11.3. The first-order valence-electron chi connectivity index (χ1n) is 6.24. The average molecular weight is 244 g/mol. The van der Waals surface area contributed by atoms with Crippen LogP contribution < -0.4 is 0 Å². The van der Waals surface area contributed by atoms with Gasteiger partial charge in [0.05, 0.1) is 18.0 Å². The number of phenols is 1. The molecule has 1 aromatic heterocycles. The van der Waals surface area contributed by atoms with E-state index in [4.69, 9.17) is 0 Å². The Hall–Kier alpha value is -1.81. The van der Waals surface area contributed by atoms with Crippen LogP contribution in [-0.2, 0) is 13.0 Å². The van der Waals surface area contributed by atoms with E-state index < -0.39 is 0 Å². The summed E-state index contributed by atoms with van der Waals surface area (Å²) >= 11 is 0. The monoisotopic (exact) mass is 244 g/mol. The van der Waals surface area contributed by atoms with Crippen molar-refractivity contribution in [3.8, 4) is 5.75 Å². The number of aromatic hydroxyl groups is 1. The second kappa shape index (κ2) is 4.46. The number of aliphatic hydroxyl groups excluding tert-OH is 1. The number of nitrogens with zero attached hydrogens (tertiary/aromatic N) is 2. The third kappa shape index (κ3) is 1.99. The molecule has 0 aliphatic carbocycles. The third-order valence-corrected chi connectivity index (χ3v) is 3.44. The van der Waals surface area contributed by atoms with Gasteiger partial charge in [-0.2, -0.15) is 0 Å². The van der Waals surface area contributed by atoms with Crippen molar-refractivity contribution in [3.05, 3.63) is 47.5 Å². The van der Waals surface area contributed by atoms with E-state index in [1.807, 2.05) is 12.1 Å². The van der Waals surface area contributed by atoms with Crippen LogP contribution in [0.5, 0.6) is 5.75 Å². The Kier molecular flexibility index (Phi) is 2.80.